The Balaban J connectivity index is 1.70. The number of hydrogen-bond donors (Lipinski definition) is 1. The van der Waals surface area contributed by atoms with Gasteiger partial charge in [-0.1, -0.05) is 18.3 Å². The Morgan fingerprint density at radius 3 is 2.45 bits per heavy atom. The maximum Gasteiger partial charge on any atom is 0.407 e. The lowest BCUT2D eigenvalue weighted by atomic mass is 9.86. The quantitative estimate of drug-likeness (QED) is 0.790. The summed E-state index contributed by atoms with van der Waals surface area (Å²) in [5.41, 5.74) is 0. The van der Waals surface area contributed by atoms with Gasteiger partial charge in [-0.3, -0.25) is 4.90 Å². The molecule has 2 aliphatic rings. The van der Waals surface area contributed by atoms with Gasteiger partial charge in [-0.15, -0.1) is 0 Å². The number of likely N-dealkylation sites (tertiary alicyclic amines) is 1. The van der Waals surface area contributed by atoms with Crippen molar-refractivity contribution < 1.29 is 9.90 Å². The molecule has 0 bridgehead atoms. The Labute approximate surface area is 122 Å². The van der Waals surface area contributed by atoms with E-state index in [0.717, 1.165) is 32.2 Å². The number of carbonyl (C=O) groups is 1. The van der Waals surface area contributed by atoms with Gasteiger partial charge in [-0.2, -0.15) is 0 Å². The van der Waals surface area contributed by atoms with Gasteiger partial charge in [-0.05, 0) is 51.6 Å². The van der Waals surface area contributed by atoms with Gasteiger partial charge < -0.3 is 10.0 Å². The van der Waals surface area contributed by atoms with Crippen molar-refractivity contribution in [3.05, 3.63) is 0 Å². The summed E-state index contributed by atoms with van der Waals surface area (Å²) < 4.78 is 0. The molecule has 1 aliphatic carbocycles. The number of nitrogens with zero attached hydrogens (tertiary/aromatic N) is 2. The van der Waals surface area contributed by atoms with E-state index in [0.29, 0.717) is 5.92 Å². The molecule has 1 saturated carbocycles. The highest BCUT2D eigenvalue weighted by atomic mass is 16.4. The number of amides is 1. The van der Waals surface area contributed by atoms with Crippen LogP contribution in [0.4, 0.5) is 4.79 Å². The van der Waals surface area contributed by atoms with Crippen LogP contribution >= 0.6 is 0 Å². The number of carboxylic acid groups (broad SMARTS) is 1. The van der Waals surface area contributed by atoms with Crippen LogP contribution in [0.25, 0.3) is 0 Å². The van der Waals surface area contributed by atoms with E-state index in [1.54, 1.807) is 7.05 Å². The number of hydrogen-bond acceptors (Lipinski definition) is 2. The van der Waals surface area contributed by atoms with Crippen molar-refractivity contribution in [2.45, 2.75) is 51.0 Å². The van der Waals surface area contributed by atoms with Crippen molar-refractivity contribution in [2.75, 3.05) is 26.7 Å². The maximum atomic E-state index is 10.9. The molecule has 4 heteroatoms. The van der Waals surface area contributed by atoms with Crippen molar-refractivity contribution in [2.24, 2.45) is 5.92 Å². The monoisotopic (exact) mass is 278 g/mol. The Hall–Kier alpha value is -1.21. The maximum absolute atomic E-state index is 10.9. The molecule has 1 saturated heterocycles. The fraction of sp³-hybridized carbons (Fsp3) is 0.812. The van der Waals surface area contributed by atoms with Crippen LogP contribution in [0.1, 0.15) is 44.9 Å². The molecule has 0 spiro atoms. The highest BCUT2D eigenvalue weighted by molar-refractivity contribution is 5.64. The lowest BCUT2D eigenvalue weighted by Gasteiger charge is -2.31. The molecule has 4 nitrogen and oxygen atoms in total. The second kappa shape index (κ2) is 7.54. The minimum Gasteiger partial charge on any atom is -0.465 e. The van der Waals surface area contributed by atoms with E-state index in [1.807, 2.05) is 0 Å². The molecule has 1 amide bonds. The number of rotatable bonds is 2. The Morgan fingerprint density at radius 1 is 1.20 bits per heavy atom. The zero-order valence-electron chi connectivity index (χ0n) is 12.5. The van der Waals surface area contributed by atoms with Crippen LogP contribution in [0.5, 0.6) is 0 Å². The molecule has 0 unspecified atom stereocenters. The van der Waals surface area contributed by atoms with Crippen molar-refractivity contribution in [1.82, 2.24) is 9.80 Å². The third-order valence-corrected chi connectivity index (χ3v) is 4.60. The fourth-order valence-corrected chi connectivity index (χ4v) is 3.18. The average molecular weight is 278 g/mol. The third kappa shape index (κ3) is 4.42. The van der Waals surface area contributed by atoms with Crippen LogP contribution in [0.3, 0.4) is 0 Å². The van der Waals surface area contributed by atoms with Gasteiger partial charge in [0, 0.05) is 19.0 Å². The first-order valence-electron chi connectivity index (χ1n) is 7.83. The van der Waals surface area contributed by atoms with Gasteiger partial charge >= 0.3 is 6.09 Å². The van der Waals surface area contributed by atoms with E-state index in [4.69, 9.17) is 5.11 Å². The standard InChI is InChI=1S/C16H26N2O2/c1-17(16(19)20)15-9-7-14(8-10-15)6-5-13-18-11-3-2-4-12-18/h14-15H,2-4,7-13H2,1H3,(H,19,20). The second-order valence-electron chi connectivity index (χ2n) is 6.06. The van der Waals surface area contributed by atoms with Gasteiger partial charge in [-0.25, -0.2) is 4.79 Å². The molecule has 0 aromatic carbocycles. The molecule has 1 N–H and O–H groups in total. The van der Waals surface area contributed by atoms with E-state index in [1.165, 1.54) is 37.3 Å². The van der Waals surface area contributed by atoms with Crippen LogP contribution < -0.4 is 0 Å². The second-order valence-corrected chi connectivity index (χ2v) is 6.06. The molecule has 112 valence electrons. The minimum atomic E-state index is -0.815. The van der Waals surface area contributed by atoms with E-state index >= 15 is 0 Å². The van der Waals surface area contributed by atoms with Crippen molar-refractivity contribution in [1.29, 1.82) is 0 Å². The van der Waals surface area contributed by atoms with Crippen molar-refractivity contribution in [3.63, 3.8) is 0 Å². The summed E-state index contributed by atoms with van der Waals surface area (Å²) in [6.07, 6.45) is 7.15. The van der Waals surface area contributed by atoms with E-state index < -0.39 is 6.09 Å². The summed E-state index contributed by atoms with van der Waals surface area (Å²) in [5.74, 6) is 7.21. The average Bonchev–Trinajstić information content (AvgIpc) is 2.48. The Bertz CT molecular complexity index is 372. The summed E-state index contributed by atoms with van der Waals surface area (Å²) in [4.78, 5) is 14.8. The van der Waals surface area contributed by atoms with Crippen LogP contribution in [0.15, 0.2) is 0 Å². The van der Waals surface area contributed by atoms with Crippen LogP contribution in [-0.2, 0) is 0 Å². The highest BCUT2D eigenvalue weighted by Crippen LogP contribution is 2.26. The lowest BCUT2D eigenvalue weighted by molar-refractivity contribution is 0.123. The molecular weight excluding hydrogens is 252 g/mol. The molecule has 1 aliphatic heterocycles. The molecular formula is C16H26N2O2. The first-order valence-corrected chi connectivity index (χ1v) is 7.83. The molecule has 2 fully saturated rings. The summed E-state index contributed by atoms with van der Waals surface area (Å²) in [5, 5.41) is 8.98. The zero-order valence-corrected chi connectivity index (χ0v) is 12.5. The lowest BCUT2D eigenvalue weighted by Crippen LogP contribution is -2.38. The van der Waals surface area contributed by atoms with Crippen LogP contribution in [0.2, 0.25) is 0 Å². The van der Waals surface area contributed by atoms with Crippen molar-refractivity contribution >= 4 is 6.09 Å². The van der Waals surface area contributed by atoms with Crippen LogP contribution in [0, 0.1) is 17.8 Å². The molecule has 0 aromatic heterocycles. The fourth-order valence-electron chi connectivity index (χ4n) is 3.18. The van der Waals surface area contributed by atoms with Gasteiger partial charge in [0.15, 0.2) is 0 Å². The topological polar surface area (TPSA) is 43.8 Å². The van der Waals surface area contributed by atoms with E-state index in [-0.39, 0.29) is 6.04 Å². The zero-order chi connectivity index (χ0) is 14.4. The Kier molecular flexibility index (Phi) is 5.72. The SMILES string of the molecule is CN(C(=O)O)C1CCC(C#CCN2CCCCC2)CC1. The minimum absolute atomic E-state index is 0.188. The predicted molar refractivity (Wildman–Crippen MR) is 79.6 cm³/mol. The van der Waals surface area contributed by atoms with Gasteiger partial charge in [0.2, 0.25) is 0 Å². The first kappa shape index (κ1) is 15.2. The third-order valence-electron chi connectivity index (χ3n) is 4.60. The number of piperidine rings is 1. The smallest absolute Gasteiger partial charge is 0.407 e. The van der Waals surface area contributed by atoms with Crippen LogP contribution in [-0.4, -0.2) is 53.7 Å². The summed E-state index contributed by atoms with van der Waals surface area (Å²) in [6.45, 7) is 3.31. The Morgan fingerprint density at radius 2 is 1.85 bits per heavy atom. The molecule has 2 rings (SSSR count). The molecule has 0 aromatic rings. The van der Waals surface area contributed by atoms with Gasteiger partial charge in [0.05, 0.1) is 6.54 Å². The first-order chi connectivity index (χ1) is 9.66. The molecule has 20 heavy (non-hydrogen) atoms. The highest BCUT2D eigenvalue weighted by Gasteiger charge is 2.25. The summed E-state index contributed by atoms with van der Waals surface area (Å²) >= 11 is 0. The van der Waals surface area contributed by atoms with E-state index in [9.17, 15) is 4.79 Å². The molecule has 0 atom stereocenters. The largest absolute Gasteiger partial charge is 0.465 e. The summed E-state index contributed by atoms with van der Waals surface area (Å²) in [6, 6.07) is 0.188. The van der Waals surface area contributed by atoms with E-state index in [2.05, 4.69) is 16.7 Å². The van der Waals surface area contributed by atoms with Crippen molar-refractivity contribution in [3.8, 4) is 11.8 Å². The molecule has 0 radical (unpaired) electrons. The predicted octanol–water partition coefficient (Wildman–Crippen LogP) is 2.64. The normalized spacial score (nSPS) is 27.4. The summed E-state index contributed by atoms with van der Waals surface area (Å²) in [7, 11) is 1.68. The van der Waals surface area contributed by atoms with Gasteiger partial charge in [0.25, 0.3) is 0 Å². The van der Waals surface area contributed by atoms with Gasteiger partial charge in [0.1, 0.15) is 0 Å². The molecule has 1 heterocycles.